The van der Waals surface area contributed by atoms with Crippen LogP contribution in [0.2, 0.25) is 5.02 Å². The van der Waals surface area contributed by atoms with Crippen molar-refractivity contribution in [2.75, 3.05) is 11.3 Å². The van der Waals surface area contributed by atoms with Crippen molar-refractivity contribution in [1.82, 2.24) is 5.32 Å². The molecule has 0 aromatic heterocycles. The van der Waals surface area contributed by atoms with E-state index in [1.54, 1.807) is 12.1 Å². The molecule has 0 radical (unpaired) electrons. The second kappa shape index (κ2) is 9.65. The van der Waals surface area contributed by atoms with Crippen molar-refractivity contribution in [3.05, 3.63) is 89.4 Å². The van der Waals surface area contributed by atoms with E-state index in [0.717, 1.165) is 5.75 Å². The van der Waals surface area contributed by atoms with Crippen molar-refractivity contribution in [1.29, 1.82) is 0 Å². The van der Waals surface area contributed by atoms with Gasteiger partial charge in [0.05, 0.1) is 10.9 Å². The first-order valence-corrected chi connectivity index (χ1v) is 11.1. The summed E-state index contributed by atoms with van der Waals surface area (Å²) in [7, 11) is -3.74. The highest BCUT2D eigenvalue weighted by molar-refractivity contribution is 7.92. The zero-order valence-electron chi connectivity index (χ0n) is 16.2. The summed E-state index contributed by atoms with van der Waals surface area (Å²) in [5, 5.41) is 3.30. The Morgan fingerprint density at radius 2 is 1.60 bits per heavy atom. The Bertz CT molecular complexity index is 1090. The fourth-order valence-electron chi connectivity index (χ4n) is 2.60. The van der Waals surface area contributed by atoms with Crippen LogP contribution in [0.4, 0.5) is 5.69 Å². The molecule has 0 bridgehead atoms. The highest BCUT2D eigenvalue weighted by Crippen LogP contribution is 2.19. The fourth-order valence-corrected chi connectivity index (χ4v) is 3.79. The van der Waals surface area contributed by atoms with Gasteiger partial charge < -0.3 is 10.1 Å². The lowest BCUT2D eigenvalue weighted by Crippen LogP contribution is -2.36. The van der Waals surface area contributed by atoms with Crippen LogP contribution in [-0.4, -0.2) is 27.0 Å². The minimum absolute atomic E-state index is 0.0981. The smallest absolute Gasteiger partial charge is 0.261 e. The van der Waals surface area contributed by atoms with Crippen LogP contribution >= 0.6 is 11.6 Å². The molecule has 3 aromatic carbocycles. The predicted molar refractivity (Wildman–Crippen MR) is 118 cm³/mol. The standard InChI is InChI=1S/C22H21ClN2O4S/c1-16(15-29-20-5-3-2-4-6-20)24-22(26)17-7-11-19(12-8-17)25-30(27,28)21-13-9-18(23)10-14-21/h2-14,16,25H,15H2,1H3,(H,24,26). The van der Waals surface area contributed by atoms with Crippen LogP contribution in [0.1, 0.15) is 17.3 Å². The number of hydrogen-bond donors (Lipinski definition) is 2. The molecule has 0 saturated heterocycles. The number of anilines is 1. The van der Waals surface area contributed by atoms with Crippen molar-refractivity contribution in [3.8, 4) is 5.75 Å². The number of nitrogens with one attached hydrogen (secondary N) is 2. The zero-order chi connectivity index (χ0) is 21.6. The minimum atomic E-state index is -3.74. The Labute approximate surface area is 180 Å². The average molecular weight is 445 g/mol. The molecule has 0 aliphatic carbocycles. The zero-order valence-corrected chi connectivity index (χ0v) is 17.8. The summed E-state index contributed by atoms with van der Waals surface area (Å²) in [5.41, 5.74) is 0.762. The van der Waals surface area contributed by atoms with E-state index in [9.17, 15) is 13.2 Å². The normalized spacial score (nSPS) is 12.1. The third kappa shape index (κ3) is 5.98. The van der Waals surface area contributed by atoms with Crippen LogP contribution < -0.4 is 14.8 Å². The van der Waals surface area contributed by atoms with Crippen molar-refractivity contribution >= 4 is 33.2 Å². The molecule has 156 valence electrons. The number of sulfonamides is 1. The summed E-state index contributed by atoms with van der Waals surface area (Å²) in [6.07, 6.45) is 0. The molecule has 6 nitrogen and oxygen atoms in total. The van der Waals surface area contributed by atoms with Gasteiger partial charge in [-0.2, -0.15) is 0 Å². The third-order valence-electron chi connectivity index (χ3n) is 4.14. The number of carbonyl (C=O) groups excluding carboxylic acids is 1. The number of carbonyl (C=O) groups is 1. The second-order valence-corrected chi connectivity index (χ2v) is 8.75. The van der Waals surface area contributed by atoms with Crippen LogP contribution in [-0.2, 0) is 10.0 Å². The van der Waals surface area contributed by atoms with E-state index in [2.05, 4.69) is 10.0 Å². The van der Waals surface area contributed by atoms with E-state index in [1.165, 1.54) is 36.4 Å². The van der Waals surface area contributed by atoms with E-state index < -0.39 is 10.0 Å². The summed E-state index contributed by atoms with van der Waals surface area (Å²) in [4.78, 5) is 12.5. The van der Waals surface area contributed by atoms with E-state index in [-0.39, 0.29) is 16.8 Å². The quantitative estimate of drug-likeness (QED) is 0.541. The van der Waals surface area contributed by atoms with Crippen LogP contribution in [0.3, 0.4) is 0 Å². The van der Waals surface area contributed by atoms with Crippen LogP contribution in [0.15, 0.2) is 83.8 Å². The Morgan fingerprint density at radius 1 is 0.967 bits per heavy atom. The summed E-state index contributed by atoms with van der Waals surface area (Å²) in [6, 6.07) is 21.2. The molecule has 0 aliphatic heterocycles. The fraction of sp³-hybridized carbons (Fsp3) is 0.136. The van der Waals surface area contributed by atoms with Gasteiger partial charge in [0, 0.05) is 16.3 Å². The van der Waals surface area contributed by atoms with Gasteiger partial charge >= 0.3 is 0 Å². The molecule has 0 aliphatic rings. The summed E-state index contributed by atoms with van der Waals surface area (Å²) < 4.78 is 32.9. The van der Waals surface area contributed by atoms with Crippen LogP contribution in [0.5, 0.6) is 5.75 Å². The first-order chi connectivity index (χ1) is 14.3. The highest BCUT2D eigenvalue weighted by Gasteiger charge is 2.15. The number of rotatable bonds is 8. The summed E-state index contributed by atoms with van der Waals surface area (Å²) >= 11 is 5.79. The number of benzene rings is 3. The Kier molecular flexibility index (Phi) is 6.97. The molecule has 30 heavy (non-hydrogen) atoms. The maximum atomic E-state index is 12.4. The Morgan fingerprint density at radius 3 is 2.23 bits per heavy atom. The molecule has 3 aromatic rings. The lowest BCUT2D eigenvalue weighted by Gasteiger charge is -2.15. The number of halogens is 1. The number of amides is 1. The molecule has 8 heteroatoms. The topological polar surface area (TPSA) is 84.5 Å². The minimum Gasteiger partial charge on any atom is -0.491 e. The summed E-state index contributed by atoms with van der Waals surface area (Å²) in [6.45, 7) is 2.17. The Balaban J connectivity index is 1.56. The van der Waals surface area contributed by atoms with Gasteiger partial charge in [0.25, 0.3) is 15.9 Å². The van der Waals surface area contributed by atoms with Crippen LogP contribution in [0, 0.1) is 0 Å². The van der Waals surface area contributed by atoms with Gasteiger partial charge in [-0.25, -0.2) is 8.42 Å². The molecule has 1 atom stereocenters. The molecule has 2 N–H and O–H groups in total. The molecule has 0 spiro atoms. The van der Waals surface area contributed by atoms with E-state index in [0.29, 0.717) is 22.9 Å². The van der Waals surface area contributed by atoms with E-state index >= 15 is 0 Å². The maximum Gasteiger partial charge on any atom is 0.261 e. The molecular weight excluding hydrogens is 424 g/mol. The molecule has 1 amide bonds. The molecule has 0 fully saturated rings. The third-order valence-corrected chi connectivity index (χ3v) is 5.79. The predicted octanol–water partition coefficient (Wildman–Crippen LogP) is 4.34. The SMILES string of the molecule is CC(COc1ccccc1)NC(=O)c1ccc(NS(=O)(=O)c2ccc(Cl)cc2)cc1. The van der Waals surface area contributed by atoms with Gasteiger partial charge in [-0.15, -0.1) is 0 Å². The van der Waals surface area contributed by atoms with Gasteiger partial charge in [-0.05, 0) is 67.6 Å². The first kappa shape index (κ1) is 21.7. The summed E-state index contributed by atoms with van der Waals surface area (Å²) in [5.74, 6) is 0.460. The van der Waals surface area contributed by atoms with E-state index in [4.69, 9.17) is 16.3 Å². The molecular formula is C22H21ClN2O4S. The van der Waals surface area contributed by atoms with Gasteiger partial charge in [-0.3, -0.25) is 9.52 Å². The highest BCUT2D eigenvalue weighted by atomic mass is 35.5. The van der Waals surface area contributed by atoms with Crippen molar-refractivity contribution < 1.29 is 17.9 Å². The van der Waals surface area contributed by atoms with Crippen molar-refractivity contribution in [2.45, 2.75) is 17.9 Å². The largest absolute Gasteiger partial charge is 0.491 e. The first-order valence-electron chi connectivity index (χ1n) is 9.21. The number of para-hydroxylation sites is 1. The van der Waals surface area contributed by atoms with E-state index in [1.807, 2.05) is 37.3 Å². The van der Waals surface area contributed by atoms with Crippen molar-refractivity contribution in [2.24, 2.45) is 0 Å². The second-order valence-electron chi connectivity index (χ2n) is 6.64. The van der Waals surface area contributed by atoms with Crippen LogP contribution in [0.25, 0.3) is 0 Å². The van der Waals surface area contributed by atoms with Crippen molar-refractivity contribution in [3.63, 3.8) is 0 Å². The van der Waals surface area contributed by atoms with Gasteiger partial charge in [0.1, 0.15) is 12.4 Å². The molecule has 0 heterocycles. The van der Waals surface area contributed by atoms with Gasteiger partial charge in [0.2, 0.25) is 0 Å². The number of ether oxygens (including phenoxy) is 1. The Hall–Kier alpha value is -3.03. The maximum absolute atomic E-state index is 12.4. The molecule has 0 saturated carbocycles. The van der Waals surface area contributed by atoms with Gasteiger partial charge in [-0.1, -0.05) is 29.8 Å². The van der Waals surface area contributed by atoms with Gasteiger partial charge in [0.15, 0.2) is 0 Å². The molecule has 1 unspecified atom stereocenters. The lowest BCUT2D eigenvalue weighted by molar-refractivity contribution is 0.0926. The monoisotopic (exact) mass is 444 g/mol. The lowest BCUT2D eigenvalue weighted by atomic mass is 10.2. The average Bonchev–Trinajstić information content (AvgIpc) is 2.73. The number of hydrogen-bond acceptors (Lipinski definition) is 4. The molecule has 3 rings (SSSR count).